The van der Waals surface area contributed by atoms with Crippen molar-refractivity contribution in [3.63, 3.8) is 0 Å². The molecule has 0 N–H and O–H groups in total. The summed E-state index contributed by atoms with van der Waals surface area (Å²) in [7, 11) is 0. The molecule has 0 spiro atoms. The Balaban J connectivity index is 0.00000144. The molecule has 0 heterocycles. The molecule has 64 valence electrons. The molecule has 1 aromatic rings. The van der Waals surface area contributed by atoms with Crippen LogP contribution < -0.4 is 29.6 Å². The molecule has 0 aromatic heterocycles. The molecule has 0 saturated carbocycles. The molecule has 0 aliphatic heterocycles. The van der Waals surface area contributed by atoms with Crippen LogP contribution in [-0.4, -0.2) is 3.53 Å². The van der Waals surface area contributed by atoms with E-state index in [1.165, 1.54) is 22.2 Å². The van der Waals surface area contributed by atoms with Crippen LogP contribution in [0, 0.1) is 0 Å². The fraction of sp³-hybridized carbons (Fsp3) is 0.222. The fourth-order valence-electron chi connectivity index (χ4n) is 0.985. The molecule has 0 aliphatic rings. The summed E-state index contributed by atoms with van der Waals surface area (Å²) < 4.78 is 0.566. The first-order valence-electron chi connectivity index (χ1n) is 3.70. The van der Waals surface area contributed by atoms with Crippen molar-refractivity contribution < 1.29 is 29.6 Å². The molecule has 1 aromatic carbocycles. The predicted molar refractivity (Wildman–Crippen MR) is 61.6 cm³/mol. The first-order valence-corrected chi connectivity index (χ1v) is 5.34. The summed E-state index contributed by atoms with van der Waals surface area (Å²) in [5.74, 6) is 0. The number of thioether (sulfide) groups is 1. The van der Waals surface area contributed by atoms with Crippen LogP contribution in [-0.2, 0) is 19.0 Å². The second kappa shape index (κ2) is 7.21. The van der Waals surface area contributed by atoms with Gasteiger partial charge in [-0.25, -0.2) is 0 Å². The third-order valence-electron chi connectivity index (χ3n) is 1.55. The van der Waals surface area contributed by atoms with Gasteiger partial charge in [-0.1, -0.05) is 28.7 Å². The molecule has 0 radical (unpaired) electrons. The normalized spacial score (nSPS) is 9.00. The third-order valence-corrected chi connectivity index (χ3v) is 2.83. The van der Waals surface area contributed by atoms with Crippen molar-refractivity contribution in [1.82, 2.24) is 0 Å². The maximum atomic E-state index is 4.86. The van der Waals surface area contributed by atoms with E-state index in [1.807, 2.05) is 12.1 Å². The van der Waals surface area contributed by atoms with Crippen molar-refractivity contribution in [3.8, 4) is 0 Å². The van der Waals surface area contributed by atoms with Crippen LogP contribution in [0.4, 0.5) is 0 Å². The van der Waals surface area contributed by atoms with Crippen LogP contribution >= 0.6 is 24.0 Å². The molecule has 0 saturated heterocycles. The average molecular weight is 236 g/mol. The Labute approximate surface area is 117 Å². The van der Waals surface area contributed by atoms with E-state index in [0.29, 0.717) is 3.53 Å². The Kier molecular flexibility index (Phi) is 7.70. The van der Waals surface area contributed by atoms with Gasteiger partial charge in [0.15, 0.2) is 0 Å². The third kappa shape index (κ3) is 4.77. The van der Waals surface area contributed by atoms with Gasteiger partial charge in [0.05, 0.1) is 0 Å². The summed E-state index contributed by atoms with van der Waals surface area (Å²) in [6.07, 6.45) is 1.03. The van der Waals surface area contributed by atoms with Crippen LogP contribution in [0.15, 0.2) is 29.2 Å². The summed E-state index contributed by atoms with van der Waals surface area (Å²) in [6.45, 7) is 2.13. The molecule has 0 nitrogen and oxygen atoms in total. The van der Waals surface area contributed by atoms with E-state index in [2.05, 4.69) is 19.1 Å². The number of thiocarbonyl (C=S) groups is 1. The van der Waals surface area contributed by atoms with Crippen molar-refractivity contribution in [2.45, 2.75) is 18.2 Å². The summed E-state index contributed by atoms with van der Waals surface area (Å²) >= 11 is 11.2. The Bertz CT molecular complexity index is 286. The number of aryl methyl sites for hydroxylation is 1. The molecular formula is C9H9NaS3. The largest absolute Gasteiger partial charge is 1.00 e. The Morgan fingerprint density at radius 2 is 2.08 bits per heavy atom. The fourth-order valence-corrected chi connectivity index (χ4v) is 2.19. The predicted octanol–water partition coefficient (Wildman–Crippen LogP) is 0.177. The Morgan fingerprint density at radius 1 is 1.46 bits per heavy atom. The molecular weight excluding hydrogens is 227 g/mol. The van der Waals surface area contributed by atoms with E-state index in [-0.39, 0.29) is 29.6 Å². The van der Waals surface area contributed by atoms with Crippen LogP contribution in [0.5, 0.6) is 0 Å². The second-order valence-corrected chi connectivity index (χ2v) is 4.96. The number of benzene rings is 1. The van der Waals surface area contributed by atoms with E-state index in [4.69, 9.17) is 24.8 Å². The molecule has 1 rings (SSSR count). The quantitative estimate of drug-likeness (QED) is 0.311. The minimum absolute atomic E-state index is 0. The van der Waals surface area contributed by atoms with Gasteiger partial charge in [0.2, 0.25) is 0 Å². The first kappa shape index (κ1) is 13.9. The van der Waals surface area contributed by atoms with Gasteiger partial charge < -0.3 is 24.8 Å². The monoisotopic (exact) mass is 236 g/mol. The van der Waals surface area contributed by atoms with Crippen LogP contribution in [0.25, 0.3) is 0 Å². The average Bonchev–Trinajstić information content (AvgIpc) is 2.04. The summed E-state index contributed by atoms with van der Waals surface area (Å²) in [5.41, 5.74) is 1.31. The minimum Gasteiger partial charge on any atom is -0.422 e. The van der Waals surface area contributed by atoms with Crippen molar-refractivity contribution in [3.05, 3.63) is 29.8 Å². The van der Waals surface area contributed by atoms with E-state index in [9.17, 15) is 0 Å². The van der Waals surface area contributed by atoms with Gasteiger partial charge in [0.25, 0.3) is 0 Å². The van der Waals surface area contributed by atoms with E-state index in [1.54, 1.807) is 0 Å². The molecule has 0 amide bonds. The maximum absolute atomic E-state index is 4.86. The molecule has 4 heteroatoms. The zero-order chi connectivity index (χ0) is 8.97. The second-order valence-electron chi connectivity index (χ2n) is 2.31. The summed E-state index contributed by atoms with van der Waals surface area (Å²) in [4.78, 5) is 1.19. The van der Waals surface area contributed by atoms with Gasteiger partial charge >= 0.3 is 29.6 Å². The van der Waals surface area contributed by atoms with Crippen molar-refractivity contribution in [1.29, 1.82) is 0 Å². The smallest absolute Gasteiger partial charge is 0.422 e. The van der Waals surface area contributed by atoms with Crippen LogP contribution in [0.3, 0.4) is 0 Å². The number of hydrogen-bond acceptors (Lipinski definition) is 3. The Morgan fingerprint density at radius 3 is 2.62 bits per heavy atom. The zero-order valence-corrected chi connectivity index (χ0v) is 12.2. The SMILES string of the molecule is CCc1ccccc1SC(=S)[S-].[Na+]. The van der Waals surface area contributed by atoms with Gasteiger partial charge in [-0.05, 0) is 18.1 Å². The van der Waals surface area contributed by atoms with Gasteiger partial charge in [-0.15, -0.1) is 11.8 Å². The van der Waals surface area contributed by atoms with Crippen LogP contribution in [0.2, 0.25) is 0 Å². The van der Waals surface area contributed by atoms with Crippen LogP contribution in [0.1, 0.15) is 12.5 Å². The maximum Gasteiger partial charge on any atom is 1.00 e. The number of rotatable bonds is 2. The van der Waals surface area contributed by atoms with Gasteiger partial charge in [0.1, 0.15) is 0 Å². The van der Waals surface area contributed by atoms with E-state index >= 15 is 0 Å². The van der Waals surface area contributed by atoms with Gasteiger partial charge in [-0.3, -0.25) is 0 Å². The standard InChI is InChI=1S/C9H10S3.Na/c1-2-7-5-3-4-6-8(7)12-9(10)11;/h3-6H,2H2,1H3,(H,10,11);/q;+1/p-1. The molecule has 0 bridgehead atoms. The molecule has 0 fully saturated rings. The molecule has 0 aliphatic carbocycles. The zero-order valence-electron chi connectivity index (χ0n) is 7.74. The molecule has 13 heavy (non-hydrogen) atoms. The minimum atomic E-state index is 0. The first-order chi connectivity index (χ1) is 5.74. The van der Waals surface area contributed by atoms with Crippen molar-refractivity contribution in [2.24, 2.45) is 0 Å². The van der Waals surface area contributed by atoms with E-state index in [0.717, 1.165) is 6.42 Å². The van der Waals surface area contributed by atoms with Crippen molar-refractivity contribution in [2.75, 3.05) is 0 Å². The molecule has 0 unspecified atom stereocenters. The molecule has 0 atom stereocenters. The summed E-state index contributed by atoms with van der Waals surface area (Å²) in [5, 5.41) is 0. The van der Waals surface area contributed by atoms with Gasteiger partial charge in [-0.2, -0.15) is 0 Å². The van der Waals surface area contributed by atoms with Gasteiger partial charge in [0, 0.05) is 4.90 Å². The number of hydrogen-bond donors (Lipinski definition) is 0. The topological polar surface area (TPSA) is 0 Å². The van der Waals surface area contributed by atoms with E-state index < -0.39 is 0 Å². The van der Waals surface area contributed by atoms with Crippen molar-refractivity contribution >= 4 is 40.1 Å². The summed E-state index contributed by atoms with van der Waals surface area (Å²) in [6, 6.07) is 8.21. The Hall–Kier alpha value is 0.880.